The van der Waals surface area contributed by atoms with E-state index in [0.717, 1.165) is 5.92 Å². The Morgan fingerprint density at radius 1 is 1.36 bits per heavy atom. The van der Waals surface area contributed by atoms with E-state index in [1.807, 2.05) is 0 Å². The molecule has 2 rings (SSSR count). The van der Waals surface area contributed by atoms with Crippen molar-refractivity contribution in [2.24, 2.45) is 11.8 Å². The topological polar surface area (TPSA) is 0 Å². The first-order valence-corrected chi connectivity index (χ1v) is 5.84. The average molecular weight is 209 g/mol. The summed E-state index contributed by atoms with van der Waals surface area (Å²) in [7, 11) is 0. The summed E-state index contributed by atoms with van der Waals surface area (Å²) in [5.74, 6) is 1.39. The van der Waals surface area contributed by atoms with Gasteiger partial charge in [0.2, 0.25) is 0 Å². The Bertz CT molecular complexity index is 317. The molecule has 1 heteroatoms. The molecule has 0 saturated carbocycles. The number of benzene rings is 1. The van der Waals surface area contributed by atoms with Crippen LogP contribution in [0.3, 0.4) is 0 Å². The highest BCUT2D eigenvalue weighted by atomic mass is 35.5. The highest BCUT2D eigenvalue weighted by Crippen LogP contribution is 2.43. The first-order chi connectivity index (χ1) is 6.68. The fourth-order valence-electron chi connectivity index (χ4n) is 2.44. The van der Waals surface area contributed by atoms with Crippen LogP contribution in [0, 0.1) is 11.8 Å². The second-order valence-corrected chi connectivity index (χ2v) is 5.16. The summed E-state index contributed by atoms with van der Waals surface area (Å²) in [6.07, 6.45) is 2.41. The smallest absolute Gasteiger partial charge is 0.0619 e. The molecule has 0 spiro atoms. The minimum Gasteiger partial charge on any atom is -0.117 e. The van der Waals surface area contributed by atoms with E-state index in [1.54, 1.807) is 0 Å². The lowest BCUT2D eigenvalue weighted by Gasteiger charge is -2.16. The van der Waals surface area contributed by atoms with Crippen LogP contribution in [0.5, 0.6) is 0 Å². The fraction of sp³-hybridized carbons (Fsp3) is 0.538. The van der Waals surface area contributed by atoms with E-state index in [9.17, 15) is 0 Å². The van der Waals surface area contributed by atoms with Gasteiger partial charge < -0.3 is 0 Å². The average Bonchev–Trinajstić information content (AvgIpc) is 2.44. The van der Waals surface area contributed by atoms with Crippen LogP contribution in [-0.4, -0.2) is 0 Å². The molecule has 0 aromatic heterocycles. The maximum absolute atomic E-state index is 6.45. The lowest BCUT2D eigenvalue weighted by molar-refractivity contribution is 0.417. The van der Waals surface area contributed by atoms with Gasteiger partial charge in [-0.25, -0.2) is 0 Å². The molecule has 0 heterocycles. The van der Waals surface area contributed by atoms with Crippen molar-refractivity contribution in [3.63, 3.8) is 0 Å². The largest absolute Gasteiger partial charge is 0.117 e. The third-order valence-electron chi connectivity index (χ3n) is 3.02. The predicted octanol–water partition coefficient (Wildman–Crippen LogP) is 4.18. The van der Waals surface area contributed by atoms with E-state index in [4.69, 9.17) is 11.6 Å². The Balaban J connectivity index is 2.17. The molecule has 14 heavy (non-hydrogen) atoms. The van der Waals surface area contributed by atoms with Gasteiger partial charge in [-0.1, -0.05) is 38.1 Å². The number of fused-ring (bicyclic) bond motifs is 1. The minimum absolute atomic E-state index is 0.244. The molecule has 76 valence electrons. The lowest BCUT2D eigenvalue weighted by Crippen LogP contribution is -2.06. The highest BCUT2D eigenvalue weighted by Gasteiger charge is 2.30. The predicted molar refractivity (Wildman–Crippen MR) is 61.7 cm³/mol. The van der Waals surface area contributed by atoms with Crippen molar-refractivity contribution >= 4 is 11.6 Å². The molecule has 0 amide bonds. The molecule has 2 atom stereocenters. The molecule has 0 bridgehead atoms. The second-order valence-electron chi connectivity index (χ2n) is 4.69. The molecule has 0 N–H and O–H groups in total. The first-order valence-electron chi connectivity index (χ1n) is 5.40. The van der Waals surface area contributed by atoms with Crippen LogP contribution >= 0.6 is 11.6 Å². The molecule has 0 aliphatic heterocycles. The van der Waals surface area contributed by atoms with Crippen molar-refractivity contribution in [3.8, 4) is 0 Å². The fourth-order valence-corrected chi connectivity index (χ4v) is 2.84. The van der Waals surface area contributed by atoms with Gasteiger partial charge in [-0.15, -0.1) is 11.6 Å². The Kier molecular flexibility index (Phi) is 2.83. The molecular formula is C13H17Cl. The molecule has 1 aliphatic rings. The van der Waals surface area contributed by atoms with Gasteiger partial charge in [0.1, 0.15) is 0 Å². The van der Waals surface area contributed by atoms with Crippen molar-refractivity contribution < 1.29 is 0 Å². The highest BCUT2D eigenvalue weighted by molar-refractivity contribution is 6.21. The number of halogens is 1. The van der Waals surface area contributed by atoms with Gasteiger partial charge >= 0.3 is 0 Å². The molecule has 0 saturated heterocycles. The Labute approximate surface area is 91.3 Å². The number of hydrogen-bond donors (Lipinski definition) is 0. The van der Waals surface area contributed by atoms with Crippen LogP contribution in [0.1, 0.15) is 36.8 Å². The first kappa shape index (κ1) is 10.0. The van der Waals surface area contributed by atoms with E-state index >= 15 is 0 Å². The molecular weight excluding hydrogens is 192 g/mol. The zero-order valence-corrected chi connectivity index (χ0v) is 9.59. The standard InChI is InChI=1S/C13H17Cl/c1-9(2)7-11-8-10-5-3-4-6-12(10)13(11)14/h3-6,9,11,13H,7-8H2,1-2H3. The van der Waals surface area contributed by atoms with E-state index in [1.165, 1.54) is 24.0 Å². The van der Waals surface area contributed by atoms with E-state index in [2.05, 4.69) is 38.1 Å². The van der Waals surface area contributed by atoms with Crippen molar-refractivity contribution in [1.82, 2.24) is 0 Å². The quantitative estimate of drug-likeness (QED) is 0.640. The Morgan fingerprint density at radius 2 is 2.07 bits per heavy atom. The summed E-state index contributed by atoms with van der Waals surface area (Å²) in [6, 6.07) is 8.59. The third-order valence-corrected chi connectivity index (χ3v) is 3.61. The van der Waals surface area contributed by atoms with Crippen LogP contribution in [0.25, 0.3) is 0 Å². The van der Waals surface area contributed by atoms with Crippen molar-refractivity contribution in [2.75, 3.05) is 0 Å². The molecule has 1 aliphatic carbocycles. The summed E-state index contributed by atoms with van der Waals surface area (Å²) >= 11 is 6.45. The van der Waals surface area contributed by atoms with E-state index < -0.39 is 0 Å². The molecule has 0 nitrogen and oxygen atoms in total. The zero-order chi connectivity index (χ0) is 10.1. The van der Waals surface area contributed by atoms with E-state index in [0.29, 0.717) is 5.92 Å². The van der Waals surface area contributed by atoms with Crippen LogP contribution in [0.2, 0.25) is 0 Å². The third kappa shape index (κ3) is 1.81. The summed E-state index contributed by atoms with van der Waals surface area (Å²) < 4.78 is 0. The van der Waals surface area contributed by atoms with Crippen molar-refractivity contribution in [3.05, 3.63) is 35.4 Å². The second kappa shape index (κ2) is 3.94. The normalized spacial score (nSPS) is 25.4. The van der Waals surface area contributed by atoms with Gasteiger partial charge in [-0.3, -0.25) is 0 Å². The van der Waals surface area contributed by atoms with Gasteiger partial charge in [0, 0.05) is 0 Å². The maximum atomic E-state index is 6.45. The zero-order valence-electron chi connectivity index (χ0n) is 8.83. The molecule has 1 aromatic rings. The molecule has 0 radical (unpaired) electrons. The SMILES string of the molecule is CC(C)CC1Cc2ccccc2C1Cl. The van der Waals surface area contributed by atoms with Crippen LogP contribution in [0.15, 0.2) is 24.3 Å². The molecule has 1 aromatic carbocycles. The van der Waals surface area contributed by atoms with Crippen LogP contribution in [-0.2, 0) is 6.42 Å². The van der Waals surface area contributed by atoms with Gasteiger partial charge in [0.15, 0.2) is 0 Å². The van der Waals surface area contributed by atoms with Crippen molar-refractivity contribution in [1.29, 1.82) is 0 Å². The number of rotatable bonds is 2. The number of alkyl halides is 1. The van der Waals surface area contributed by atoms with Crippen LogP contribution < -0.4 is 0 Å². The Morgan fingerprint density at radius 3 is 2.71 bits per heavy atom. The van der Waals surface area contributed by atoms with Gasteiger partial charge in [0.25, 0.3) is 0 Å². The summed E-state index contributed by atoms with van der Waals surface area (Å²) in [5.41, 5.74) is 2.82. The Hall–Kier alpha value is -0.490. The molecule has 0 fully saturated rings. The van der Waals surface area contributed by atoms with Gasteiger partial charge in [0.05, 0.1) is 5.38 Å². The van der Waals surface area contributed by atoms with E-state index in [-0.39, 0.29) is 5.38 Å². The summed E-state index contributed by atoms with van der Waals surface area (Å²) in [6.45, 7) is 4.54. The maximum Gasteiger partial charge on any atom is 0.0619 e. The lowest BCUT2D eigenvalue weighted by atomic mass is 9.94. The summed E-state index contributed by atoms with van der Waals surface area (Å²) in [4.78, 5) is 0. The summed E-state index contributed by atoms with van der Waals surface area (Å²) in [5, 5.41) is 0.244. The van der Waals surface area contributed by atoms with Crippen LogP contribution in [0.4, 0.5) is 0 Å². The minimum atomic E-state index is 0.244. The van der Waals surface area contributed by atoms with Crippen molar-refractivity contribution in [2.45, 2.75) is 32.1 Å². The van der Waals surface area contributed by atoms with Gasteiger partial charge in [-0.05, 0) is 35.8 Å². The number of hydrogen-bond acceptors (Lipinski definition) is 0. The van der Waals surface area contributed by atoms with Gasteiger partial charge in [-0.2, -0.15) is 0 Å². The molecule has 2 unspecified atom stereocenters. The monoisotopic (exact) mass is 208 g/mol.